The maximum absolute atomic E-state index is 11.9. The van der Waals surface area contributed by atoms with Gasteiger partial charge < -0.3 is 14.9 Å². The molecule has 0 heterocycles. The minimum atomic E-state index is -1.89. The molecule has 0 aliphatic heterocycles. The fourth-order valence-corrected chi connectivity index (χ4v) is 1.70. The molecule has 4 heteroatoms. The third-order valence-electron chi connectivity index (χ3n) is 2.62. The number of carbonyl (C=O) groups excluding carboxylic acids is 1. The number of ketones is 1. The zero-order valence-electron chi connectivity index (χ0n) is 10.6. The number of para-hydroxylation sites is 1. The number of benzene rings is 2. The molecule has 2 rings (SSSR count). The highest BCUT2D eigenvalue weighted by Crippen LogP contribution is 2.20. The summed E-state index contributed by atoms with van der Waals surface area (Å²) in [5.74, 6) is 0.157. The van der Waals surface area contributed by atoms with Gasteiger partial charge in [0.1, 0.15) is 5.75 Å². The van der Waals surface area contributed by atoms with Crippen LogP contribution in [-0.4, -0.2) is 22.5 Å². The Labute approximate surface area is 116 Å². The molecule has 2 aromatic rings. The van der Waals surface area contributed by atoms with Crippen molar-refractivity contribution < 1.29 is 19.7 Å². The Morgan fingerprint density at radius 2 is 1.65 bits per heavy atom. The third-order valence-corrected chi connectivity index (χ3v) is 2.62. The molecule has 2 aromatic carbocycles. The van der Waals surface area contributed by atoms with Gasteiger partial charge in [-0.25, -0.2) is 0 Å². The van der Waals surface area contributed by atoms with Gasteiger partial charge in [-0.15, -0.1) is 0 Å². The van der Waals surface area contributed by atoms with Crippen LogP contribution in [0.25, 0.3) is 6.08 Å². The maximum atomic E-state index is 11.9. The SMILES string of the molecule is O=C(/C=C/c1ccccc1OC(O)O)c1ccccc1. The van der Waals surface area contributed by atoms with Gasteiger partial charge >= 0.3 is 6.48 Å². The molecule has 0 aromatic heterocycles. The fraction of sp³-hybridized carbons (Fsp3) is 0.0625. The molecule has 0 radical (unpaired) electrons. The van der Waals surface area contributed by atoms with Crippen molar-refractivity contribution in [2.45, 2.75) is 6.48 Å². The van der Waals surface area contributed by atoms with Crippen LogP contribution in [0.15, 0.2) is 60.7 Å². The summed E-state index contributed by atoms with van der Waals surface area (Å²) in [6, 6.07) is 15.7. The van der Waals surface area contributed by atoms with Crippen molar-refractivity contribution in [3.63, 3.8) is 0 Å². The van der Waals surface area contributed by atoms with Crippen LogP contribution in [0.2, 0.25) is 0 Å². The minimum absolute atomic E-state index is 0.134. The fourth-order valence-electron chi connectivity index (χ4n) is 1.70. The van der Waals surface area contributed by atoms with E-state index in [2.05, 4.69) is 0 Å². The first-order chi connectivity index (χ1) is 9.66. The largest absolute Gasteiger partial charge is 0.441 e. The Balaban J connectivity index is 2.17. The van der Waals surface area contributed by atoms with Gasteiger partial charge in [0.05, 0.1) is 0 Å². The van der Waals surface area contributed by atoms with Gasteiger partial charge in [0.15, 0.2) is 5.78 Å². The van der Waals surface area contributed by atoms with E-state index in [1.165, 1.54) is 6.08 Å². The Bertz CT molecular complexity index is 603. The van der Waals surface area contributed by atoms with Gasteiger partial charge in [-0.05, 0) is 18.2 Å². The number of aliphatic hydroxyl groups excluding tert-OH is 1. The number of hydrogen-bond donors (Lipinski definition) is 2. The average molecular weight is 270 g/mol. The predicted octanol–water partition coefficient (Wildman–Crippen LogP) is 2.23. The molecule has 0 spiro atoms. The lowest BCUT2D eigenvalue weighted by atomic mass is 10.1. The molecule has 0 unspecified atom stereocenters. The second kappa shape index (κ2) is 6.65. The smallest absolute Gasteiger partial charge is 0.310 e. The van der Waals surface area contributed by atoms with E-state index in [0.717, 1.165) is 0 Å². The van der Waals surface area contributed by atoms with Crippen LogP contribution in [-0.2, 0) is 0 Å². The minimum Gasteiger partial charge on any atom is -0.441 e. The first kappa shape index (κ1) is 14.0. The van der Waals surface area contributed by atoms with Gasteiger partial charge in [0.2, 0.25) is 0 Å². The van der Waals surface area contributed by atoms with Crippen LogP contribution >= 0.6 is 0 Å². The van der Waals surface area contributed by atoms with Gasteiger partial charge in [-0.3, -0.25) is 4.79 Å². The second-order valence-electron chi connectivity index (χ2n) is 4.05. The molecular formula is C16H14O4. The highest BCUT2D eigenvalue weighted by molar-refractivity contribution is 6.06. The summed E-state index contributed by atoms with van der Waals surface area (Å²) in [7, 11) is 0. The lowest BCUT2D eigenvalue weighted by molar-refractivity contribution is -0.179. The molecular weight excluding hydrogens is 256 g/mol. The number of aliphatic hydroxyl groups is 2. The van der Waals surface area contributed by atoms with E-state index in [1.807, 2.05) is 6.07 Å². The summed E-state index contributed by atoms with van der Waals surface area (Å²) in [5.41, 5.74) is 1.18. The Kier molecular flexibility index (Phi) is 4.65. The van der Waals surface area contributed by atoms with Crippen LogP contribution < -0.4 is 4.74 Å². The van der Waals surface area contributed by atoms with Gasteiger partial charge in [0.25, 0.3) is 0 Å². The van der Waals surface area contributed by atoms with Crippen molar-refractivity contribution in [2.24, 2.45) is 0 Å². The lowest BCUT2D eigenvalue weighted by Crippen LogP contribution is -2.14. The average Bonchev–Trinajstić information content (AvgIpc) is 2.46. The predicted molar refractivity (Wildman–Crippen MR) is 75.1 cm³/mol. The first-order valence-corrected chi connectivity index (χ1v) is 6.06. The van der Waals surface area contributed by atoms with E-state index in [9.17, 15) is 4.79 Å². The molecule has 0 saturated carbocycles. The summed E-state index contributed by atoms with van der Waals surface area (Å²) in [6.07, 6.45) is 2.99. The molecule has 0 saturated heterocycles. The Morgan fingerprint density at radius 3 is 2.35 bits per heavy atom. The number of rotatable bonds is 5. The first-order valence-electron chi connectivity index (χ1n) is 6.06. The van der Waals surface area contributed by atoms with E-state index >= 15 is 0 Å². The summed E-state index contributed by atoms with van der Waals surface area (Å²) in [4.78, 5) is 11.9. The molecule has 0 aliphatic carbocycles. The maximum Gasteiger partial charge on any atom is 0.310 e. The number of carbonyl (C=O) groups is 1. The second-order valence-corrected chi connectivity index (χ2v) is 4.05. The van der Waals surface area contributed by atoms with E-state index in [4.69, 9.17) is 14.9 Å². The Morgan fingerprint density at radius 1 is 1.00 bits per heavy atom. The molecule has 2 N–H and O–H groups in total. The zero-order valence-corrected chi connectivity index (χ0v) is 10.6. The monoisotopic (exact) mass is 270 g/mol. The van der Waals surface area contributed by atoms with Crippen LogP contribution in [0, 0.1) is 0 Å². The lowest BCUT2D eigenvalue weighted by Gasteiger charge is -2.09. The van der Waals surface area contributed by atoms with Crippen molar-refractivity contribution >= 4 is 11.9 Å². The Hall–Kier alpha value is -2.43. The number of allylic oxidation sites excluding steroid dienone is 1. The van der Waals surface area contributed by atoms with Gasteiger partial charge in [0, 0.05) is 11.1 Å². The van der Waals surface area contributed by atoms with Crippen LogP contribution in [0.1, 0.15) is 15.9 Å². The highest BCUT2D eigenvalue weighted by Gasteiger charge is 2.05. The van der Waals surface area contributed by atoms with Crippen molar-refractivity contribution in [1.82, 2.24) is 0 Å². The van der Waals surface area contributed by atoms with Crippen molar-refractivity contribution in [3.05, 3.63) is 71.8 Å². The molecule has 0 fully saturated rings. The summed E-state index contributed by atoms with van der Waals surface area (Å²) >= 11 is 0. The molecule has 0 amide bonds. The summed E-state index contributed by atoms with van der Waals surface area (Å²) in [6.45, 7) is -1.89. The van der Waals surface area contributed by atoms with E-state index in [1.54, 1.807) is 54.6 Å². The van der Waals surface area contributed by atoms with E-state index in [0.29, 0.717) is 16.9 Å². The number of ether oxygens (including phenoxy) is 1. The van der Waals surface area contributed by atoms with Crippen molar-refractivity contribution in [3.8, 4) is 5.75 Å². The summed E-state index contributed by atoms with van der Waals surface area (Å²) < 4.78 is 4.83. The molecule has 102 valence electrons. The van der Waals surface area contributed by atoms with Crippen LogP contribution in [0.5, 0.6) is 5.75 Å². The van der Waals surface area contributed by atoms with Crippen LogP contribution in [0.4, 0.5) is 0 Å². The van der Waals surface area contributed by atoms with Crippen molar-refractivity contribution in [2.75, 3.05) is 0 Å². The molecule has 0 aliphatic rings. The van der Waals surface area contributed by atoms with Gasteiger partial charge in [-0.2, -0.15) is 0 Å². The molecule has 0 atom stereocenters. The zero-order chi connectivity index (χ0) is 14.4. The standard InChI is InChI=1S/C16H14O4/c17-14(12-6-2-1-3-7-12)11-10-13-8-4-5-9-15(13)20-16(18)19/h1-11,16,18-19H/b11-10+. The normalized spacial score (nSPS) is 10.9. The third kappa shape index (κ3) is 3.78. The quantitative estimate of drug-likeness (QED) is 0.496. The number of hydrogen-bond acceptors (Lipinski definition) is 4. The van der Waals surface area contributed by atoms with Crippen molar-refractivity contribution in [1.29, 1.82) is 0 Å². The molecule has 4 nitrogen and oxygen atoms in total. The van der Waals surface area contributed by atoms with E-state index < -0.39 is 6.48 Å². The molecule has 0 bridgehead atoms. The van der Waals surface area contributed by atoms with Gasteiger partial charge in [-0.1, -0.05) is 48.5 Å². The highest BCUT2D eigenvalue weighted by atomic mass is 16.7. The molecule has 20 heavy (non-hydrogen) atoms. The topological polar surface area (TPSA) is 66.8 Å². The summed E-state index contributed by atoms with van der Waals surface area (Å²) in [5, 5.41) is 17.7. The van der Waals surface area contributed by atoms with Crippen LogP contribution in [0.3, 0.4) is 0 Å². The van der Waals surface area contributed by atoms with E-state index in [-0.39, 0.29) is 5.78 Å².